The zero-order chi connectivity index (χ0) is 28.3. The average Bonchev–Trinajstić information content (AvgIpc) is 3.13. The monoisotopic (exact) mass is 553 g/mol. The molecule has 3 atom stereocenters. The van der Waals surface area contributed by atoms with E-state index in [1.165, 1.54) is 18.9 Å². The van der Waals surface area contributed by atoms with E-state index in [-0.39, 0.29) is 50.8 Å². The lowest BCUT2D eigenvalue weighted by molar-refractivity contribution is -0.146. The van der Waals surface area contributed by atoms with E-state index in [0.717, 1.165) is 0 Å². The Labute approximate surface area is 222 Å². The minimum Gasteiger partial charge on any atom is -0.466 e. The van der Waals surface area contributed by atoms with E-state index in [0.29, 0.717) is 24.0 Å². The standard InChI is InChI=1S/C25H36N3O9P/c1-5-36-22(30)15-14-20(25(33)37-6-2)27-38(34,35-4)17(3)26-21(29)13-9-10-16-28-23(31)18-11-7-8-12-19(18)24(28)32/h7-8,11-12,17,20H,5-6,9-10,13-16H2,1-4H3,(H,26,29)(H,27,34)/t17-,20+,38-/m0/s1. The molecule has 0 aromatic heterocycles. The molecule has 3 amide bonds. The molecule has 0 radical (unpaired) electrons. The van der Waals surface area contributed by atoms with Crippen molar-refractivity contribution in [3.05, 3.63) is 35.4 Å². The summed E-state index contributed by atoms with van der Waals surface area (Å²) < 4.78 is 28.5. The van der Waals surface area contributed by atoms with Gasteiger partial charge in [-0.3, -0.25) is 33.4 Å². The van der Waals surface area contributed by atoms with Crippen molar-refractivity contribution < 1.29 is 42.5 Å². The molecule has 13 heteroatoms. The van der Waals surface area contributed by atoms with Crippen LogP contribution in [0.1, 0.15) is 73.6 Å². The van der Waals surface area contributed by atoms with Crippen LogP contribution < -0.4 is 10.4 Å². The van der Waals surface area contributed by atoms with Gasteiger partial charge in [0, 0.05) is 26.5 Å². The maximum atomic E-state index is 13.4. The number of unbranched alkanes of at least 4 members (excludes halogenated alkanes) is 1. The topological polar surface area (TPSA) is 157 Å². The van der Waals surface area contributed by atoms with Crippen LogP contribution >= 0.6 is 7.52 Å². The number of hydrogen-bond acceptors (Lipinski definition) is 9. The van der Waals surface area contributed by atoms with E-state index in [2.05, 4.69) is 10.4 Å². The molecule has 0 saturated carbocycles. The number of rotatable bonds is 16. The van der Waals surface area contributed by atoms with Crippen LogP contribution in [0, 0.1) is 0 Å². The fourth-order valence-electron chi connectivity index (χ4n) is 3.90. The molecule has 0 unspecified atom stereocenters. The molecule has 210 valence electrons. The zero-order valence-electron chi connectivity index (χ0n) is 22.2. The fourth-order valence-corrected chi connectivity index (χ4v) is 5.53. The molecule has 12 nitrogen and oxygen atoms in total. The Bertz CT molecular complexity index is 1040. The van der Waals surface area contributed by atoms with Gasteiger partial charge < -0.3 is 19.3 Å². The number of carbonyl (C=O) groups is 5. The predicted octanol–water partition coefficient (Wildman–Crippen LogP) is 2.62. The molecule has 0 fully saturated rings. The molecule has 0 aliphatic carbocycles. The summed E-state index contributed by atoms with van der Waals surface area (Å²) >= 11 is 0. The summed E-state index contributed by atoms with van der Waals surface area (Å²) in [5.41, 5.74) is 0.741. The first-order valence-electron chi connectivity index (χ1n) is 12.6. The quantitative estimate of drug-likeness (QED) is 0.135. The van der Waals surface area contributed by atoms with Crippen molar-refractivity contribution in [2.75, 3.05) is 26.9 Å². The van der Waals surface area contributed by atoms with Crippen LogP contribution in [-0.2, 0) is 32.9 Å². The Hall–Kier alpha value is -3.08. The van der Waals surface area contributed by atoms with Crippen LogP contribution in [0.3, 0.4) is 0 Å². The van der Waals surface area contributed by atoms with Crippen molar-refractivity contribution in [3.63, 3.8) is 0 Å². The summed E-state index contributed by atoms with van der Waals surface area (Å²) in [4.78, 5) is 62.7. The minimum absolute atomic E-state index is 0.0382. The van der Waals surface area contributed by atoms with Crippen LogP contribution in [0.4, 0.5) is 0 Å². The first kappa shape index (κ1) is 31.1. The summed E-state index contributed by atoms with van der Waals surface area (Å²) in [7, 11) is -2.61. The van der Waals surface area contributed by atoms with Crippen LogP contribution in [0.2, 0.25) is 0 Å². The molecule has 1 heterocycles. The highest BCUT2D eigenvalue weighted by atomic mass is 31.2. The van der Waals surface area contributed by atoms with Crippen molar-refractivity contribution in [2.45, 2.75) is 64.7 Å². The maximum absolute atomic E-state index is 13.4. The van der Waals surface area contributed by atoms with Crippen molar-refractivity contribution >= 4 is 37.2 Å². The van der Waals surface area contributed by atoms with Crippen LogP contribution in [0.5, 0.6) is 0 Å². The third-order valence-corrected chi connectivity index (χ3v) is 8.28. The van der Waals surface area contributed by atoms with Gasteiger partial charge in [0.25, 0.3) is 19.3 Å². The second-order valence-electron chi connectivity index (χ2n) is 8.57. The van der Waals surface area contributed by atoms with Crippen molar-refractivity contribution in [2.24, 2.45) is 0 Å². The summed E-state index contributed by atoms with van der Waals surface area (Å²) in [6.07, 6.45) is 0.695. The molecule has 2 N–H and O–H groups in total. The van der Waals surface area contributed by atoms with Gasteiger partial charge in [-0.2, -0.15) is 0 Å². The Balaban J connectivity index is 1.88. The lowest BCUT2D eigenvalue weighted by atomic mass is 10.1. The highest BCUT2D eigenvalue weighted by Gasteiger charge is 2.37. The molecule has 0 spiro atoms. The second-order valence-corrected chi connectivity index (χ2v) is 11.2. The number of imide groups is 1. The molecular weight excluding hydrogens is 517 g/mol. The molecular formula is C25H36N3O9P. The highest BCUT2D eigenvalue weighted by Crippen LogP contribution is 2.46. The van der Waals surface area contributed by atoms with Crippen LogP contribution in [0.15, 0.2) is 24.3 Å². The van der Waals surface area contributed by atoms with Gasteiger partial charge in [0.05, 0.1) is 24.3 Å². The summed E-state index contributed by atoms with van der Waals surface area (Å²) in [6, 6.07) is 5.49. The van der Waals surface area contributed by atoms with Gasteiger partial charge in [-0.25, -0.2) is 5.09 Å². The lowest BCUT2D eigenvalue weighted by Crippen LogP contribution is -2.43. The van der Waals surface area contributed by atoms with Gasteiger partial charge in [-0.05, 0) is 52.2 Å². The number of ether oxygens (including phenoxy) is 2. The van der Waals surface area contributed by atoms with Gasteiger partial charge in [-0.15, -0.1) is 0 Å². The number of nitrogens with zero attached hydrogens (tertiary/aromatic N) is 1. The maximum Gasteiger partial charge on any atom is 0.323 e. The molecule has 1 aliphatic heterocycles. The average molecular weight is 554 g/mol. The fraction of sp³-hybridized carbons (Fsp3) is 0.560. The third kappa shape index (κ3) is 8.21. The molecule has 0 saturated heterocycles. The minimum atomic E-state index is -3.79. The number of esters is 2. The van der Waals surface area contributed by atoms with Gasteiger partial charge in [0.15, 0.2) is 0 Å². The predicted molar refractivity (Wildman–Crippen MR) is 137 cm³/mol. The lowest BCUT2D eigenvalue weighted by Gasteiger charge is -2.28. The second kappa shape index (κ2) is 14.8. The summed E-state index contributed by atoms with van der Waals surface area (Å²) in [5, 5.41) is 5.26. The molecule has 1 aromatic rings. The first-order valence-corrected chi connectivity index (χ1v) is 14.3. The number of fused-ring (bicyclic) bond motifs is 1. The SMILES string of the molecule is CCOC(=O)CC[C@@H](N[P@@](=O)(OC)[C@@H](C)NC(=O)CCCCN1C(=O)c2ccccc2C1=O)C(=O)OCC. The van der Waals surface area contributed by atoms with Gasteiger partial charge >= 0.3 is 11.9 Å². The number of hydrogen-bond donors (Lipinski definition) is 2. The van der Waals surface area contributed by atoms with E-state index in [9.17, 15) is 28.5 Å². The zero-order valence-corrected chi connectivity index (χ0v) is 23.1. The van der Waals surface area contributed by atoms with Gasteiger partial charge in [0.2, 0.25) is 5.91 Å². The Morgan fingerprint density at radius 3 is 2.13 bits per heavy atom. The van der Waals surface area contributed by atoms with Crippen LogP contribution in [0.25, 0.3) is 0 Å². The molecule has 38 heavy (non-hydrogen) atoms. The Kier molecular flexibility index (Phi) is 12.1. The number of amides is 3. The smallest absolute Gasteiger partial charge is 0.323 e. The largest absolute Gasteiger partial charge is 0.466 e. The van der Waals surface area contributed by atoms with Crippen LogP contribution in [-0.4, -0.2) is 73.3 Å². The normalized spacial score (nSPS) is 15.8. The molecule has 2 rings (SSSR count). The van der Waals surface area contributed by atoms with E-state index in [1.807, 2.05) is 0 Å². The van der Waals surface area contributed by atoms with Crippen molar-refractivity contribution in [1.82, 2.24) is 15.3 Å². The Morgan fingerprint density at radius 2 is 1.58 bits per heavy atom. The number of benzene rings is 1. The summed E-state index contributed by atoms with van der Waals surface area (Å²) in [6.45, 7) is 5.20. The number of carbonyl (C=O) groups excluding carboxylic acids is 5. The van der Waals surface area contributed by atoms with Crippen molar-refractivity contribution in [1.29, 1.82) is 0 Å². The highest BCUT2D eigenvalue weighted by molar-refractivity contribution is 7.57. The Morgan fingerprint density at radius 1 is 0.974 bits per heavy atom. The molecule has 1 aliphatic rings. The number of nitrogens with one attached hydrogen (secondary N) is 2. The van der Waals surface area contributed by atoms with E-state index < -0.39 is 37.2 Å². The first-order chi connectivity index (χ1) is 18.1. The third-order valence-electron chi connectivity index (χ3n) is 5.91. The molecule has 1 aromatic carbocycles. The molecule has 0 bridgehead atoms. The van der Waals surface area contributed by atoms with Gasteiger partial charge in [-0.1, -0.05) is 12.1 Å². The van der Waals surface area contributed by atoms with E-state index in [1.54, 1.807) is 38.1 Å². The van der Waals surface area contributed by atoms with Crippen molar-refractivity contribution in [3.8, 4) is 0 Å². The summed E-state index contributed by atoms with van der Waals surface area (Å²) in [5.74, 6) is -3.35. The van der Waals surface area contributed by atoms with E-state index >= 15 is 0 Å². The van der Waals surface area contributed by atoms with E-state index in [4.69, 9.17) is 14.0 Å². The van der Waals surface area contributed by atoms with Gasteiger partial charge in [0.1, 0.15) is 11.8 Å².